The molecule has 0 unspecified atom stereocenters. The van der Waals surface area contributed by atoms with Crippen LogP contribution >= 0.6 is 0 Å². The fourth-order valence-corrected chi connectivity index (χ4v) is 1.10. The topological polar surface area (TPSA) is 63.7 Å². The second kappa shape index (κ2) is 8.74. The fraction of sp³-hybridized carbons (Fsp3) is 0.778. The molecule has 0 amide bonds. The van der Waals surface area contributed by atoms with Crippen molar-refractivity contribution in [2.24, 2.45) is 0 Å². The van der Waals surface area contributed by atoms with Gasteiger partial charge in [0.1, 0.15) is 0 Å². The fourth-order valence-electron chi connectivity index (χ4n) is 1.10. The molecule has 1 aliphatic rings. The van der Waals surface area contributed by atoms with Gasteiger partial charge in [0, 0.05) is 26.0 Å². The Balaban J connectivity index is 0. The zero-order valence-corrected chi connectivity index (χ0v) is 12.0. The zero-order chi connectivity index (χ0) is 14.4. The van der Waals surface area contributed by atoms with E-state index < -0.39 is 15.6 Å². The van der Waals surface area contributed by atoms with Gasteiger partial charge < -0.3 is 14.4 Å². The minimum absolute atomic E-state index is 0. The first kappa shape index (κ1) is 20.9. The quantitative estimate of drug-likeness (QED) is 0.361. The summed E-state index contributed by atoms with van der Waals surface area (Å²) in [4.78, 5) is 4.53. The van der Waals surface area contributed by atoms with Gasteiger partial charge in [-0.25, -0.2) is 8.42 Å². The molecule has 0 aliphatic carbocycles. The van der Waals surface area contributed by atoms with Gasteiger partial charge in [-0.3, -0.25) is 0 Å². The Morgan fingerprint density at radius 3 is 2.05 bits per heavy atom. The Kier molecular flexibility index (Phi) is 9.63. The molecule has 1 aliphatic heterocycles. The number of halogens is 3. The van der Waals surface area contributed by atoms with Gasteiger partial charge in [0.2, 0.25) is 0 Å². The van der Waals surface area contributed by atoms with E-state index >= 15 is 0 Å². The van der Waals surface area contributed by atoms with E-state index in [0.29, 0.717) is 0 Å². The summed E-state index contributed by atoms with van der Waals surface area (Å²) in [5.74, 6) is 0. The molecule has 108 valence electrons. The molecule has 0 spiro atoms. The summed E-state index contributed by atoms with van der Waals surface area (Å²) in [5, 5.41) is 0. The van der Waals surface area contributed by atoms with Crippen molar-refractivity contribution in [3.63, 3.8) is 0 Å². The number of unbranched alkanes of at least 4 members (excludes halogenated alkanes) is 1. The van der Waals surface area contributed by atoms with E-state index in [-0.39, 0.29) is 18.9 Å². The number of rotatable bonds is 3. The summed E-state index contributed by atoms with van der Waals surface area (Å²) >= 11 is 0. The van der Waals surface area contributed by atoms with E-state index in [1.54, 1.807) is 0 Å². The molecule has 0 aromatic carbocycles. The van der Waals surface area contributed by atoms with Crippen LogP contribution in [0.25, 0.3) is 0 Å². The largest absolute Gasteiger partial charge is 1.00 e. The smallest absolute Gasteiger partial charge is 0.741 e. The summed E-state index contributed by atoms with van der Waals surface area (Å²) in [5.41, 5.74) is -5.65. The predicted molar refractivity (Wildman–Crippen MR) is 59.1 cm³/mol. The van der Waals surface area contributed by atoms with E-state index in [9.17, 15) is 13.2 Å². The molecule has 19 heavy (non-hydrogen) atoms. The zero-order valence-electron chi connectivity index (χ0n) is 11.1. The van der Waals surface area contributed by atoms with Gasteiger partial charge in [-0.1, -0.05) is 13.3 Å². The van der Waals surface area contributed by atoms with Crippen LogP contribution < -0.4 is 18.9 Å². The Morgan fingerprint density at radius 2 is 1.79 bits per heavy atom. The van der Waals surface area contributed by atoms with Gasteiger partial charge >= 0.3 is 24.4 Å². The van der Waals surface area contributed by atoms with E-state index in [1.807, 2.05) is 0 Å². The van der Waals surface area contributed by atoms with Gasteiger partial charge in [-0.15, -0.1) is 0 Å². The first-order chi connectivity index (χ1) is 8.08. The van der Waals surface area contributed by atoms with Gasteiger partial charge in [0.15, 0.2) is 10.1 Å². The van der Waals surface area contributed by atoms with Crippen LogP contribution in [0.1, 0.15) is 19.8 Å². The van der Waals surface area contributed by atoms with Crippen LogP contribution in [0.15, 0.2) is 12.4 Å². The maximum atomic E-state index is 10.7. The van der Waals surface area contributed by atoms with E-state index in [4.69, 9.17) is 13.0 Å². The molecule has 0 aromatic rings. The first-order valence-electron chi connectivity index (χ1n) is 5.22. The molecular weight excluding hydrogens is 280 g/mol. The summed E-state index contributed by atoms with van der Waals surface area (Å²) < 4.78 is 58.9. The number of hydrogen-bond acceptors (Lipinski definition) is 5. The molecule has 0 saturated carbocycles. The van der Waals surface area contributed by atoms with E-state index in [2.05, 4.69) is 36.2 Å². The maximum Gasteiger partial charge on any atom is 1.00 e. The van der Waals surface area contributed by atoms with Crippen molar-refractivity contribution < 1.29 is 45.0 Å². The molecule has 0 N–H and O–H groups in total. The third-order valence-corrected chi connectivity index (χ3v) is 2.59. The van der Waals surface area contributed by atoms with E-state index in [0.717, 1.165) is 6.67 Å². The van der Waals surface area contributed by atoms with Crippen molar-refractivity contribution in [2.45, 2.75) is 25.3 Å². The van der Waals surface area contributed by atoms with Crippen LogP contribution in [-0.2, 0) is 10.1 Å². The molecular formula is C9H16F3LiN2O3S. The standard InChI is InChI=1S/C8H16N2.CHF3O3S.Li/c1-3-4-5-10-7-6-9(2)8-10;2-1(3,4)8(5,6)7;/h6-7H,3-5,8H2,1-2H3;(H,5,6,7);/q;;+1/p-1. The second-order valence-corrected chi connectivity index (χ2v) is 5.13. The Hall–Kier alpha value is -0.363. The molecule has 0 radical (unpaired) electrons. The molecule has 5 nitrogen and oxygen atoms in total. The van der Waals surface area contributed by atoms with Crippen LogP contribution in [0.2, 0.25) is 0 Å². The van der Waals surface area contributed by atoms with E-state index in [1.165, 1.54) is 19.4 Å². The Morgan fingerprint density at radius 1 is 1.32 bits per heavy atom. The molecule has 0 fully saturated rings. The first-order valence-corrected chi connectivity index (χ1v) is 6.63. The molecule has 1 heterocycles. The molecule has 0 saturated heterocycles. The van der Waals surface area contributed by atoms with Gasteiger partial charge in [0.25, 0.3) is 0 Å². The second-order valence-electron chi connectivity index (χ2n) is 3.76. The average Bonchev–Trinajstić information content (AvgIpc) is 2.59. The van der Waals surface area contributed by atoms with Gasteiger partial charge in [-0.05, 0) is 6.42 Å². The van der Waals surface area contributed by atoms with Crippen LogP contribution in [0.5, 0.6) is 0 Å². The molecule has 10 heteroatoms. The Bertz CT molecular complexity index is 373. The molecule has 1 rings (SSSR count). The predicted octanol–water partition coefficient (Wildman–Crippen LogP) is -1.48. The molecule has 0 bridgehead atoms. The number of hydrogen-bond donors (Lipinski definition) is 0. The number of nitrogens with zero attached hydrogens (tertiary/aromatic N) is 2. The third kappa shape index (κ3) is 9.21. The SMILES string of the molecule is CCCCN1C=CN(C)C1.O=S(=O)([O-])C(F)(F)F.[Li+]. The average molecular weight is 296 g/mol. The maximum absolute atomic E-state index is 10.7. The summed E-state index contributed by atoms with van der Waals surface area (Å²) in [6, 6.07) is 0. The normalized spacial score (nSPS) is 14.8. The Labute approximate surface area is 123 Å². The molecule has 0 aromatic heterocycles. The summed E-state index contributed by atoms with van der Waals surface area (Å²) in [6.07, 6.45) is 6.87. The molecule has 0 atom stereocenters. The van der Waals surface area contributed by atoms with Crippen molar-refractivity contribution in [2.75, 3.05) is 20.3 Å². The van der Waals surface area contributed by atoms with Crippen LogP contribution in [0.4, 0.5) is 13.2 Å². The monoisotopic (exact) mass is 296 g/mol. The number of alkyl halides is 3. The van der Waals surface area contributed by atoms with Crippen molar-refractivity contribution in [1.29, 1.82) is 0 Å². The van der Waals surface area contributed by atoms with Gasteiger partial charge in [-0.2, -0.15) is 13.2 Å². The van der Waals surface area contributed by atoms with Crippen LogP contribution in [0.3, 0.4) is 0 Å². The minimum atomic E-state index is -6.09. The minimum Gasteiger partial charge on any atom is -0.741 e. The van der Waals surface area contributed by atoms with Gasteiger partial charge in [0.05, 0.1) is 6.67 Å². The van der Waals surface area contributed by atoms with Crippen molar-refractivity contribution in [1.82, 2.24) is 9.80 Å². The summed E-state index contributed by atoms with van der Waals surface area (Å²) in [7, 11) is -3.99. The van der Waals surface area contributed by atoms with Crippen LogP contribution in [0, 0.1) is 0 Å². The van der Waals surface area contributed by atoms with Crippen LogP contribution in [-0.4, -0.2) is 48.5 Å². The van der Waals surface area contributed by atoms with Crippen molar-refractivity contribution in [3.8, 4) is 0 Å². The summed E-state index contributed by atoms with van der Waals surface area (Å²) in [6.45, 7) is 4.50. The third-order valence-electron chi connectivity index (χ3n) is 2.02. The van der Waals surface area contributed by atoms with Crippen molar-refractivity contribution in [3.05, 3.63) is 12.4 Å². The van der Waals surface area contributed by atoms with Crippen molar-refractivity contribution >= 4 is 10.1 Å².